The molecule has 4 saturated carbocycles. The number of carbonyl (C=O) groups is 2. The van der Waals surface area contributed by atoms with Gasteiger partial charge in [-0.3, -0.25) is 9.59 Å². The van der Waals surface area contributed by atoms with Crippen LogP contribution in [0.15, 0.2) is 23.8 Å². The van der Waals surface area contributed by atoms with E-state index in [1.54, 1.807) is 0 Å². The van der Waals surface area contributed by atoms with Crippen LogP contribution in [0.25, 0.3) is 0 Å². The second-order valence-corrected chi connectivity index (χ2v) is 11.2. The van der Waals surface area contributed by atoms with Crippen LogP contribution in [-0.4, -0.2) is 40.7 Å². The van der Waals surface area contributed by atoms with Gasteiger partial charge in [-0.2, -0.15) is 0 Å². The first-order valence-corrected chi connectivity index (χ1v) is 12.3. The molecule has 0 radical (unpaired) electrons. The number of rotatable bonds is 7. The number of aliphatic hydroxyl groups excluding tert-OH is 1. The lowest BCUT2D eigenvalue weighted by Gasteiger charge is -2.54. The predicted molar refractivity (Wildman–Crippen MR) is 118 cm³/mol. The molecule has 0 aromatic heterocycles. The van der Waals surface area contributed by atoms with Crippen molar-refractivity contribution in [3.05, 3.63) is 23.8 Å². The summed E-state index contributed by atoms with van der Waals surface area (Å²) in [4.78, 5) is 26.7. The van der Waals surface area contributed by atoms with Crippen LogP contribution in [0.1, 0.15) is 71.1 Å². The highest BCUT2D eigenvalue weighted by atomic mass is 16.3. The van der Waals surface area contributed by atoms with Crippen LogP contribution < -0.4 is 5.32 Å². The monoisotopic (exact) mass is 427 g/mol. The van der Waals surface area contributed by atoms with Gasteiger partial charge in [0.1, 0.15) is 5.78 Å². The number of aliphatic hydroxyl groups is 2. The Kier molecular flexibility index (Phi) is 5.02. The first-order valence-electron chi connectivity index (χ1n) is 12.3. The third-order valence-electron chi connectivity index (χ3n) is 9.91. The third kappa shape index (κ3) is 2.81. The Morgan fingerprint density at radius 2 is 2.06 bits per heavy atom. The molecule has 5 aliphatic rings. The topological polar surface area (TPSA) is 86.6 Å². The molecule has 0 aromatic carbocycles. The molecule has 3 N–H and O–H groups in total. The van der Waals surface area contributed by atoms with Gasteiger partial charge in [0.05, 0.1) is 11.5 Å². The van der Waals surface area contributed by atoms with E-state index in [-0.39, 0.29) is 35.7 Å². The van der Waals surface area contributed by atoms with Crippen molar-refractivity contribution in [3.8, 4) is 0 Å². The number of carbonyl (C=O) groups excluding carboxylic acids is 2. The van der Waals surface area contributed by atoms with E-state index in [1.165, 1.54) is 5.57 Å². The van der Waals surface area contributed by atoms with Crippen molar-refractivity contribution in [2.45, 2.75) is 76.7 Å². The van der Waals surface area contributed by atoms with Gasteiger partial charge in [-0.25, -0.2) is 0 Å². The summed E-state index contributed by atoms with van der Waals surface area (Å²) in [5.41, 5.74) is 0.651. The second-order valence-electron chi connectivity index (χ2n) is 11.2. The van der Waals surface area contributed by atoms with E-state index in [0.29, 0.717) is 37.5 Å². The lowest BCUT2D eigenvalue weighted by Crippen LogP contribution is -2.58. The number of allylic oxidation sites excluding steroid dienone is 2. The van der Waals surface area contributed by atoms with Crippen molar-refractivity contribution in [3.63, 3.8) is 0 Å². The lowest BCUT2D eigenvalue weighted by atomic mass is 9.48. The summed E-state index contributed by atoms with van der Waals surface area (Å²) in [7, 11) is 0. The van der Waals surface area contributed by atoms with Gasteiger partial charge in [0, 0.05) is 30.9 Å². The van der Waals surface area contributed by atoms with Crippen molar-refractivity contribution < 1.29 is 19.8 Å². The molecule has 0 heterocycles. The molecular formula is C26H37NO4. The molecule has 5 rings (SSSR count). The van der Waals surface area contributed by atoms with Crippen LogP contribution >= 0.6 is 0 Å². The minimum atomic E-state index is -0.850. The Hall–Kier alpha value is -1.46. The predicted octanol–water partition coefficient (Wildman–Crippen LogP) is 3.30. The summed E-state index contributed by atoms with van der Waals surface area (Å²) >= 11 is 0. The highest BCUT2D eigenvalue weighted by Gasteiger charge is 2.73. The lowest BCUT2D eigenvalue weighted by molar-refractivity contribution is -0.155. The maximum absolute atomic E-state index is 13.8. The van der Waals surface area contributed by atoms with Gasteiger partial charge in [0.2, 0.25) is 5.91 Å². The smallest absolute Gasteiger partial charge is 0.224 e. The maximum Gasteiger partial charge on any atom is 0.224 e. The highest BCUT2D eigenvalue weighted by Crippen LogP contribution is 2.75. The highest BCUT2D eigenvalue weighted by molar-refractivity contribution is 5.94. The van der Waals surface area contributed by atoms with Gasteiger partial charge in [-0.15, -0.1) is 0 Å². The number of amides is 1. The number of Topliss-reactive ketones (excluding diaryl/α,β-unsaturated/α-hetero) is 1. The van der Waals surface area contributed by atoms with Crippen molar-refractivity contribution in [1.82, 2.24) is 5.32 Å². The SMILES string of the molecule is C=C1CC23CC1(O)CCC2C1=CCC2CC(=O)C2(C)C1C3C(=O)NCCCCCCO. The third-order valence-corrected chi connectivity index (χ3v) is 9.91. The van der Waals surface area contributed by atoms with Crippen LogP contribution in [0.3, 0.4) is 0 Å². The molecule has 0 saturated heterocycles. The summed E-state index contributed by atoms with van der Waals surface area (Å²) in [6, 6.07) is 0. The average Bonchev–Trinajstić information content (AvgIpc) is 3.12. The van der Waals surface area contributed by atoms with Crippen molar-refractivity contribution in [1.29, 1.82) is 0 Å². The minimum Gasteiger partial charge on any atom is -0.396 e. The standard InChI is InChI=1S/C26H37NO4/c1-16-14-25-15-26(16,31)10-9-19(25)18-8-7-17-13-20(29)24(17,2)21(18)22(25)23(30)27-11-5-3-4-6-12-28/h8,17,19,21-22,28,31H,1,3-7,9-15H2,2H3,(H,27,30). The summed E-state index contributed by atoms with van der Waals surface area (Å²) < 4.78 is 0. The number of nitrogens with one attached hydrogen (secondary N) is 1. The number of ketones is 1. The summed E-state index contributed by atoms with van der Waals surface area (Å²) in [5, 5.41) is 23.4. The number of fused-ring (bicyclic) bond motifs is 5. The molecule has 7 atom stereocenters. The molecule has 31 heavy (non-hydrogen) atoms. The minimum absolute atomic E-state index is 0.0276. The molecule has 0 aromatic rings. The van der Waals surface area contributed by atoms with Crippen molar-refractivity contribution >= 4 is 11.7 Å². The molecule has 5 nitrogen and oxygen atoms in total. The van der Waals surface area contributed by atoms with E-state index >= 15 is 0 Å². The zero-order chi connectivity index (χ0) is 22.0. The fourth-order valence-electron chi connectivity index (χ4n) is 8.22. The zero-order valence-corrected chi connectivity index (χ0v) is 18.8. The average molecular weight is 428 g/mol. The van der Waals surface area contributed by atoms with Crippen LogP contribution in [0.2, 0.25) is 0 Å². The molecule has 0 aliphatic heterocycles. The fourth-order valence-corrected chi connectivity index (χ4v) is 8.22. The van der Waals surface area contributed by atoms with E-state index in [9.17, 15) is 14.7 Å². The largest absolute Gasteiger partial charge is 0.396 e. The fraction of sp³-hybridized carbons (Fsp3) is 0.769. The van der Waals surface area contributed by atoms with Crippen molar-refractivity contribution in [2.24, 2.45) is 34.5 Å². The van der Waals surface area contributed by atoms with Gasteiger partial charge in [0.15, 0.2) is 0 Å². The molecule has 1 amide bonds. The van der Waals surface area contributed by atoms with Crippen LogP contribution in [0, 0.1) is 34.5 Å². The van der Waals surface area contributed by atoms with Crippen molar-refractivity contribution in [2.75, 3.05) is 13.2 Å². The van der Waals surface area contributed by atoms with E-state index in [1.807, 2.05) is 0 Å². The van der Waals surface area contributed by atoms with Gasteiger partial charge in [-0.05, 0) is 67.8 Å². The molecule has 2 bridgehead atoms. The van der Waals surface area contributed by atoms with E-state index in [4.69, 9.17) is 5.11 Å². The molecule has 7 unspecified atom stereocenters. The Morgan fingerprint density at radius 1 is 1.29 bits per heavy atom. The quantitative estimate of drug-likeness (QED) is 0.430. The Bertz CT molecular complexity index is 848. The zero-order valence-electron chi connectivity index (χ0n) is 18.8. The summed E-state index contributed by atoms with van der Waals surface area (Å²) in [6.45, 7) is 7.19. The van der Waals surface area contributed by atoms with Crippen LogP contribution in [0.4, 0.5) is 0 Å². The van der Waals surface area contributed by atoms with Crippen LogP contribution in [0.5, 0.6) is 0 Å². The molecule has 170 valence electrons. The Morgan fingerprint density at radius 3 is 2.81 bits per heavy atom. The maximum atomic E-state index is 13.8. The van der Waals surface area contributed by atoms with Gasteiger partial charge < -0.3 is 15.5 Å². The number of unbranched alkanes of at least 4 members (excludes halogenated alkanes) is 3. The molecule has 5 aliphatic carbocycles. The molecular weight excluding hydrogens is 390 g/mol. The van der Waals surface area contributed by atoms with E-state index < -0.39 is 11.0 Å². The molecule has 5 heteroatoms. The molecule has 4 fully saturated rings. The Balaban J connectivity index is 1.45. The van der Waals surface area contributed by atoms with Crippen LogP contribution in [-0.2, 0) is 9.59 Å². The Labute approximate surface area is 185 Å². The summed E-state index contributed by atoms with van der Waals surface area (Å²) in [6.07, 6.45) is 10.5. The van der Waals surface area contributed by atoms with E-state index in [2.05, 4.69) is 24.9 Å². The van der Waals surface area contributed by atoms with Gasteiger partial charge >= 0.3 is 0 Å². The normalized spacial score (nSPS) is 44.8. The summed E-state index contributed by atoms with van der Waals surface area (Å²) in [5.74, 6) is 0.730. The first-order chi connectivity index (χ1) is 14.8. The van der Waals surface area contributed by atoms with Gasteiger partial charge in [-0.1, -0.05) is 38.0 Å². The second kappa shape index (κ2) is 7.28. The number of hydrogen-bond acceptors (Lipinski definition) is 4. The van der Waals surface area contributed by atoms with E-state index in [0.717, 1.165) is 50.5 Å². The first kappa shape index (κ1) is 21.4. The molecule has 1 spiro atoms. The van der Waals surface area contributed by atoms with Gasteiger partial charge in [0.25, 0.3) is 0 Å². The number of hydrogen-bond donors (Lipinski definition) is 3.